The van der Waals surface area contributed by atoms with Crippen LogP contribution in [0.1, 0.15) is 73.7 Å². The van der Waals surface area contributed by atoms with E-state index in [0.717, 1.165) is 19.3 Å². The fraction of sp³-hybridized carbons (Fsp3) is 0.500. The molecule has 1 aliphatic carbocycles. The highest BCUT2D eigenvalue weighted by Gasteiger charge is 2.36. The van der Waals surface area contributed by atoms with Crippen LogP contribution in [0, 0.1) is 17.2 Å². The zero-order valence-electron chi connectivity index (χ0n) is 20.8. The summed E-state index contributed by atoms with van der Waals surface area (Å²) in [5, 5.41) is 27.3. The van der Waals surface area contributed by atoms with Gasteiger partial charge in [-0.25, -0.2) is 4.79 Å². The number of carbonyl (C=O) groups excluding carboxylic acids is 2. The lowest BCUT2D eigenvalue weighted by Gasteiger charge is -2.37. The summed E-state index contributed by atoms with van der Waals surface area (Å²) in [4.78, 5) is 24.6. The Kier molecular flexibility index (Phi) is 7.57. The van der Waals surface area contributed by atoms with Gasteiger partial charge in [-0.1, -0.05) is 6.07 Å². The van der Waals surface area contributed by atoms with E-state index in [4.69, 9.17) is 15.1 Å². The highest BCUT2D eigenvalue weighted by atomic mass is 16.5. The molecule has 0 radical (unpaired) electrons. The number of anilines is 2. The predicted octanol–water partition coefficient (Wildman–Crippen LogP) is 1.92. The van der Waals surface area contributed by atoms with E-state index in [1.165, 1.54) is 7.11 Å². The standard InChI is InChI=1S/C24H32BN5O5/c1-23(2,33)24(3,4)35-25-18-10-9-15(11-16(18)22(32)34-5)28-21-17(20(27)31)13-30(29-21)19-8-6-7-14(19)12-26/h9-11,13-14,19,25,33H,6-8H2,1-5H3,(H2,27,31)(H,28,29). The molecule has 3 rings (SSSR count). The van der Waals surface area contributed by atoms with Crippen molar-refractivity contribution in [3.05, 3.63) is 35.5 Å². The summed E-state index contributed by atoms with van der Waals surface area (Å²) in [5.74, 6) is -1.15. The molecule has 2 aromatic rings. The Bertz CT molecular complexity index is 1150. The van der Waals surface area contributed by atoms with Crippen molar-refractivity contribution in [2.24, 2.45) is 11.7 Å². The van der Waals surface area contributed by atoms with E-state index >= 15 is 0 Å². The molecule has 1 amide bonds. The van der Waals surface area contributed by atoms with Gasteiger partial charge in [-0.2, -0.15) is 10.4 Å². The largest absolute Gasteiger partial charge is 0.465 e. The molecule has 0 bridgehead atoms. The summed E-state index contributed by atoms with van der Waals surface area (Å²) >= 11 is 0. The van der Waals surface area contributed by atoms with E-state index < -0.39 is 23.1 Å². The molecule has 1 aliphatic rings. The third-order valence-electron chi connectivity index (χ3n) is 6.82. The number of hydrogen-bond acceptors (Lipinski definition) is 8. The number of aliphatic hydroxyl groups is 1. The molecule has 35 heavy (non-hydrogen) atoms. The van der Waals surface area contributed by atoms with Crippen LogP contribution in [0.3, 0.4) is 0 Å². The number of carbonyl (C=O) groups is 2. The minimum absolute atomic E-state index is 0.0695. The maximum absolute atomic E-state index is 12.5. The van der Waals surface area contributed by atoms with Crippen LogP contribution >= 0.6 is 0 Å². The molecule has 1 saturated carbocycles. The molecule has 10 nitrogen and oxygen atoms in total. The van der Waals surface area contributed by atoms with Crippen molar-refractivity contribution < 1.29 is 24.1 Å². The number of rotatable bonds is 9. The molecule has 2 unspecified atom stereocenters. The highest BCUT2D eigenvalue weighted by Crippen LogP contribution is 2.36. The number of primary amides is 1. The molecule has 1 aromatic carbocycles. The number of benzene rings is 1. The number of nitrogens with one attached hydrogen (secondary N) is 1. The van der Waals surface area contributed by atoms with Crippen molar-refractivity contribution in [2.45, 2.75) is 64.2 Å². The number of esters is 1. The number of nitrogens with zero attached hydrogens (tertiary/aromatic N) is 3. The summed E-state index contributed by atoms with van der Waals surface area (Å²) in [6, 6.07) is 7.19. The van der Waals surface area contributed by atoms with Gasteiger partial charge < -0.3 is 25.5 Å². The summed E-state index contributed by atoms with van der Waals surface area (Å²) in [6.45, 7) is 6.84. The van der Waals surface area contributed by atoms with Crippen LogP contribution in [-0.4, -0.2) is 52.6 Å². The molecular formula is C24H32BN5O5. The zero-order valence-corrected chi connectivity index (χ0v) is 20.8. The van der Waals surface area contributed by atoms with Crippen molar-refractivity contribution in [1.82, 2.24) is 9.78 Å². The van der Waals surface area contributed by atoms with Gasteiger partial charge in [0.25, 0.3) is 5.91 Å². The van der Waals surface area contributed by atoms with Gasteiger partial charge in [0.15, 0.2) is 5.82 Å². The van der Waals surface area contributed by atoms with E-state index in [0.29, 0.717) is 11.2 Å². The molecule has 11 heteroatoms. The Labute approximate surface area is 205 Å². The Morgan fingerprint density at radius 3 is 2.60 bits per heavy atom. The molecule has 0 aliphatic heterocycles. The minimum atomic E-state index is -1.10. The Hall–Kier alpha value is -3.36. The number of ether oxygens (including phenoxy) is 1. The first kappa shape index (κ1) is 26.3. The van der Waals surface area contributed by atoms with Crippen LogP contribution in [0.25, 0.3) is 0 Å². The van der Waals surface area contributed by atoms with Crippen molar-refractivity contribution in [3.63, 3.8) is 0 Å². The lowest BCUT2D eigenvalue weighted by Crippen LogP contribution is -2.49. The van der Waals surface area contributed by atoms with Crippen LogP contribution in [0.5, 0.6) is 0 Å². The molecule has 186 valence electrons. The second-order valence-electron chi connectivity index (χ2n) is 9.82. The van der Waals surface area contributed by atoms with E-state index in [1.54, 1.807) is 56.8 Å². The van der Waals surface area contributed by atoms with Gasteiger partial charge in [-0.05, 0) is 64.6 Å². The SMILES string of the molecule is COC(=O)c1cc(Nc2nn(C3CCCC3C#N)cc2C(N)=O)ccc1BOC(C)(C)C(C)(C)O. The number of methoxy groups -OCH3 is 1. The monoisotopic (exact) mass is 481 g/mol. The summed E-state index contributed by atoms with van der Waals surface area (Å²) < 4.78 is 12.5. The average Bonchev–Trinajstić information content (AvgIpc) is 3.43. The van der Waals surface area contributed by atoms with Gasteiger partial charge in [0.1, 0.15) is 5.56 Å². The van der Waals surface area contributed by atoms with Gasteiger partial charge in [-0.3, -0.25) is 9.48 Å². The molecular weight excluding hydrogens is 449 g/mol. The van der Waals surface area contributed by atoms with Gasteiger partial charge >= 0.3 is 13.5 Å². The molecule has 1 aromatic heterocycles. The lowest BCUT2D eigenvalue weighted by molar-refractivity contribution is -0.0893. The van der Waals surface area contributed by atoms with Crippen molar-refractivity contribution in [2.75, 3.05) is 12.4 Å². The molecule has 4 N–H and O–H groups in total. The fourth-order valence-electron chi connectivity index (χ4n) is 3.89. The number of nitrogens with two attached hydrogens (primary N) is 1. The molecule has 0 spiro atoms. The van der Waals surface area contributed by atoms with Gasteiger partial charge in [0.2, 0.25) is 0 Å². The summed E-state index contributed by atoms with van der Waals surface area (Å²) in [5.41, 5.74) is 5.12. The fourth-order valence-corrected chi connectivity index (χ4v) is 3.89. The zero-order chi connectivity index (χ0) is 26.0. The van der Waals surface area contributed by atoms with Crippen molar-refractivity contribution in [1.29, 1.82) is 5.26 Å². The van der Waals surface area contributed by atoms with Crippen LogP contribution in [0.2, 0.25) is 0 Å². The van der Waals surface area contributed by atoms with Gasteiger partial charge in [-0.15, -0.1) is 0 Å². The van der Waals surface area contributed by atoms with Crippen molar-refractivity contribution >= 4 is 36.3 Å². The molecule has 0 saturated heterocycles. The normalized spacial score (nSPS) is 18.1. The molecule has 1 fully saturated rings. The Morgan fingerprint density at radius 2 is 2.00 bits per heavy atom. The lowest BCUT2D eigenvalue weighted by atomic mass is 9.80. The number of amides is 1. The minimum Gasteiger partial charge on any atom is -0.465 e. The smallest absolute Gasteiger partial charge is 0.337 e. The highest BCUT2D eigenvalue weighted by molar-refractivity contribution is 6.49. The third-order valence-corrected chi connectivity index (χ3v) is 6.82. The number of hydrogen-bond donors (Lipinski definition) is 3. The van der Waals surface area contributed by atoms with Gasteiger partial charge in [0, 0.05) is 11.9 Å². The van der Waals surface area contributed by atoms with Crippen molar-refractivity contribution in [3.8, 4) is 6.07 Å². The first-order chi connectivity index (χ1) is 16.4. The Balaban J connectivity index is 1.90. The van der Waals surface area contributed by atoms with Crippen LogP contribution in [0.4, 0.5) is 11.5 Å². The second-order valence-corrected chi connectivity index (χ2v) is 9.82. The topological polar surface area (TPSA) is 152 Å². The van der Waals surface area contributed by atoms with Crippen LogP contribution < -0.4 is 16.5 Å². The van der Waals surface area contributed by atoms with E-state index in [2.05, 4.69) is 16.5 Å². The summed E-state index contributed by atoms with van der Waals surface area (Å²) in [6.07, 6.45) is 4.05. The third kappa shape index (κ3) is 5.66. The predicted molar refractivity (Wildman–Crippen MR) is 132 cm³/mol. The maximum atomic E-state index is 12.5. The van der Waals surface area contributed by atoms with Crippen LogP contribution in [-0.2, 0) is 9.39 Å². The van der Waals surface area contributed by atoms with Crippen LogP contribution in [0.15, 0.2) is 24.4 Å². The molecule has 2 atom stereocenters. The number of nitriles is 1. The Morgan fingerprint density at radius 1 is 1.29 bits per heavy atom. The number of aromatic nitrogens is 2. The maximum Gasteiger partial charge on any atom is 0.337 e. The second kappa shape index (κ2) is 10.1. The van der Waals surface area contributed by atoms with E-state index in [9.17, 15) is 20.0 Å². The first-order valence-corrected chi connectivity index (χ1v) is 11.5. The average molecular weight is 481 g/mol. The van der Waals surface area contributed by atoms with Gasteiger partial charge in [0.05, 0.1) is 41.9 Å². The molecule has 1 heterocycles. The van der Waals surface area contributed by atoms with E-state index in [1.807, 2.05) is 0 Å². The quantitative estimate of drug-likeness (QED) is 0.363. The first-order valence-electron chi connectivity index (χ1n) is 11.5. The van der Waals surface area contributed by atoms with E-state index in [-0.39, 0.29) is 36.4 Å². The summed E-state index contributed by atoms with van der Waals surface area (Å²) in [7, 11) is 1.36.